The van der Waals surface area contributed by atoms with Gasteiger partial charge in [-0.1, -0.05) is 33.8 Å². The Morgan fingerprint density at radius 3 is 1.84 bits per heavy atom. The van der Waals surface area contributed by atoms with Crippen molar-refractivity contribution in [1.29, 1.82) is 0 Å². The highest BCUT2D eigenvalue weighted by Crippen LogP contribution is 2.39. The zero-order chi connectivity index (χ0) is 14.7. The summed E-state index contributed by atoms with van der Waals surface area (Å²) < 4.78 is 10.7. The molecule has 1 aromatic rings. The zero-order valence-corrected chi connectivity index (χ0v) is 13.0. The van der Waals surface area contributed by atoms with Gasteiger partial charge in [0, 0.05) is 6.07 Å². The number of hydrogen-bond donors (Lipinski definition) is 0. The first-order chi connectivity index (χ1) is 8.74. The lowest BCUT2D eigenvalue weighted by Gasteiger charge is -2.33. The molecule has 0 radical (unpaired) electrons. The largest absolute Gasteiger partial charge is 0.497 e. The first kappa shape index (κ1) is 15.6. The first-order valence-corrected chi connectivity index (χ1v) is 6.61. The minimum Gasteiger partial charge on any atom is -0.497 e. The Labute approximate surface area is 117 Å². The van der Waals surface area contributed by atoms with Crippen LogP contribution in [0.4, 0.5) is 0 Å². The van der Waals surface area contributed by atoms with Crippen molar-refractivity contribution in [2.75, 3.05) is 14.2 Å². The quantitative estimate of drug-likeness (QED) is 0.698. The summed E-state index contributed by atoms with van der Waals surface area (Å²) in [5, 5.41) is 0. The minimum atomic E-state index is 0.0273. The van der Waals surface area contributed by atoms with Gasteiger partial charge in [-0.15, -0.1) is 6.58 Å². The predicted molar refractivity (Wildman–Crippen MR) is 81.2 cm³/mol. The fourth-order valence-corrected chi connectivity index (χ4v) is 2.51. The summed E-state index contributed by atoms with van der Waals surface area (Å²) in [5.41, 5.74) is 1.35. The lowest BCUT2D eigenvalue weighted by atomic mass is 9.71. The molecule has 0 unspecified atom stereocenters. The average Bonchev–Trinajstić information content (AvgIpc) is 2.37. The smallest absolute Gasteiger partial charge is 0.122 e. The lowest BCUT2D eigenvalue weighted by molar-refractivity contribution is 0.318. The van der Waals surface area contributed by atoms with Crippen molar-refractivity contribution in [1.82, 2.24) is 0 Å². The molecule has 1 rings (SSSR count). The molecule has 1 aromatic carbocycles. The predicted octanol–water partition coefficient (Wildman–Crippen LogP) is 4.58. The highest BCUT2D eigenvalue weighted by Gasteiger charge is 2.29. The maximum Gasteiger partial charge on any atom is 0.122 e. The molecule has 0 heterocycles. The fourth-order valence-electron chi connectivity index (χ4n) is 2.51. The Kier molecular flexibility index (Phi) is 4.67. The van der Waals surface area contributed by atoms with Gasteiger partial charge in [0.2, 0.25) is 0 Å². The summed E-state index contributed by atoms with van der Waals surface area (Å²) in [4.78, 5) is 0. The molecule has 0 aliphatic carbocycles. The molecule has 106 valence electrons. The third-order valence-electron chi connectivity index (χ3n) is 3.58. The molecule has 0 saturated heterocycles. The molecule has 2 nitrogen and oxygen atoms in total. The van der Waals surface area contributed by atoms with E-state index in [1.54, 1.807) is 14.2 Å². The van der Waals surface area contributed by atoms with Crippen molar-refractivity contribution >= 4 is 0 Å². The van der Waals surface area contributed by atoms with Crippen LogP contribution in [0.25, 0.3) is 0 Å². The van der Waals surface area contributed by atoms with Crippen LogP contribution in [0.1, 0.15) is 39.7 Å². The van der Waals surface area contributed by atoms with Crippen molar-refractivity contribution in [3.05, 3.63) is 36.4 Å². The van der Waals surface area contributed by atoms with Gasteiger partial charge in [0.05, 0.1) is 14.2 Å². The minimum absolute atomic E-state index is 0.0273. The van der Waals surface area contributed by atoms with Crippen LogP contribution >= 0.6 is 0 Å². The van der Waals surface area contributed by atoms with Gasteiger partial charge in [-0.2, -0.15) is 0 Å². The van der Waals surface area contributed by atoms with Gasteiger partial charge in [0.15, 0.2) is 0 Å². The molecule has 19 heavy (non-hydrogen) atoms. The van der Waals surface area contributed by atoms with Crippen LogP contribution in [-0.4, -0.2) is 14.2 Å². The summed E-state index contributed by atoms with van der Waals surface area (Å²) >= 11 is 0. The first-order valence-electron chi connectivity index (χ1n) is 6.61. The topological polar surface area (TPSA) is 18.5 Å². The van der Waals surface area contributed by atoms with Gasteiger partial charge in [0.25, 0.3) is 0 Å². The van der Waals surface area contributed by atoms with E-state index in [9.17, 15) is 0 Å². The molecule has 0 saturated carbocycles. The van der Waals surface area contributed by atoms with E-state index < -0.39 is 0 Å². The molecular weight excluding hydrogens is 236 g/mol. The zero-order valence-electron chi connectivity index (χ0n) is 13.0. The van der Waals surface area contributed by atoms with Crippen LogP contribution in [0.15, 0.2) is 30.9 Å². The molecule has 0 aliphatic heterocycles. The summed E-state index contributed by atoms with van der Waals surface area (Å²) in [6, 6.07) is 6.07. The summed E-state index contributed by atoms with van der Waals surface area (Å²) in [7, 11) is 3.36. The van der Waals surface area contributed by atoms with E-state index in [1.807, 2.05) is 12.1 Å². The number of rotatable bonds is 6. The Balaban J connectivity index is 3.16. The fraction of sp³-hybridized carbons (Fsp3) is 0.529. The maximum atomic E-state index is 5.35. The van der Waals surface area contributed by atoms with E-state index >= 15 is 0 Å². The van der Waals surface area contributed by atoms with Gasteiger partial charge in [0.1, 0.15) is 11.5 Å². The average molecular weight is 262 g/mol. The van der Waals surface area contributed by atoms with Crippen LogP contribution in [0.3, 0.4) is 0 Å². The van der Waals surface area contributed by atoms with E-state index in [2.05, 4.69) is 46.4 Å². The molecule has 0 spiro atoms. The molecule has 2 heteroatoms. The Hall–Kier alpha value is -1.44. The highest BCUT2D eigenvalue weighted by molar-refractivity contribution is 5.41. The van der Waals surface area contributed by atoms with Crippen molar-refractivity contribution in [3.63, 3.8) is 0 Å². The Morgan fingerprint density at radius 2 is 1.47 bits per heavy atom. The van der Waals surface area contributed by atoms with Crippen LogP contribution in [0.2, 0.25) is 0 Å². The second kappa shape index (κ2) is 5.68. The molecule has 0 fully saturated rings. The highest BCUT2D eigenvalue weighted by atomic mass is 16.5. The molecule has 0 amide bonds. The monoisotopic (exact) mass is 262 g/mol. The molecular formula is C17H26O2. The number of methoxy groups -OCH3 is 2. The molecule has 0 atom stereocenters. The molecule has 0 bridgehead atoms. The van der Waals surface area contributed by atoms with Gasteiger partial charge in [-0.3, -0.25) is 0 Å². The Bertz CT molecular complexity index is 422. The van der Waals surface area contributed by atoms with Crippen molar-refractivity contribution in [3.8, 4) is 11.5 Å². The molecule has 0 aromatic heterocycles. The van der Waals surface area contributed by atoms with Crippen molar-refractivity contribution in [2.45, 2.75) is 39.5 Å². The van der Waals surface area contributed by atoms with Crippen molar-refractivity contribution in [2.24, 2.45) is 5.41 Å². The summed E-state index contributed by atoms with van der Waals surface area (Å²) in [6.45, 7) is 12.8. The van der Waals surface area contributed by atoms with Gasteiger partial charge in [-0.05, 0) is 34.9 Å². The maximum absolute atomic E-state index is 5.35. The number of allylic oxidation sites excluding steroid dienone is 1. The second-order valence-corrected chi connectivity index (χ2v) is 6.35. The molecule has 0 N–H and O–H groups in total. The van der Waals surface area contributed by atoms with Crippen LogP contribution in [-0.2, 0) is 5.41 Å². The third-order valence-corrected chi connectivity index (χ3v) is 3.58. The van der Waals surface area contributed by atoms with E-state index in [1.165, 1.54) is 5.56 Å². The van der Waals surface area contributed by atoms with E-state index in [4.69, 9.17) is 9.47 Å². The summed E-state index contributed by atoms with van der Waals surface area (Å²) in [6.07, 6.45) is 3.03. The van der Waals surface area contributed by atoms with Gasteiger partial charge < -0.3 is 9.47 Å². The molecule has 0 aliphatic rings. The number of ether oxygens (including phenoxy) is 2. The standard InChI is InChI=1S/C17H26O2/c1-8-16(2,3)12-17(4,5)13-9-14(18-6)11-15(10-13)19-7/h8-11H,1,12H2,2-7H3. The van der Waals surface area contributed by atoms with Crippen LogP contribution in [0, 0.1) is 5.41 Å². The van der Waals surface area contributed by atoms with Gasteiger partial charge in [-0.25, -0.2) is 0 Å². The van der Waals surface area contributed by atoms with Crippen LogP contribution in [0.5, 0.6) is 11.5 Å². The SMILES string of the molecule is C=CC(C)(C)CC(C)(C)c1cc(OC)cc(OC)c1. The number of hydrogen-bond acceptors (Lipinski definition) is 2. The summed E-state index contributed by atoms with van der Waals surface area (Å²) in [5.74, 6) is 1.66. The van der Waals surface area contributed by atoms with Crippen molar-refractivity contribution < 1.29 is 9.47 Å². The van der Waals surface area contributed by atoms with E-state index in [0.717, 1.165) is 17.9 Å². The third kappa shape index (κ3) is 4.02. The van der Waals surface area contributed by atoms with Gasteiger partial charge >= 0.3 is 0 Å². The normalized spacial score (nSPS) is 12.1. The van der Waals surface area contributed by atoms with Crippen LogP contribution < -0.4 is 9.47 Å². The number of benzene rings is 1. The lowest BCUT2D eigenvalue weighted by Crippen LogP contribution is -2.25. The Morgan fingerprint density at radius 1 is 1.00 bits per heavy atom. The van der Waals surface area contributed by atoms with E-state index in [-0.39, 0.29) is 10.8 Å². The second-order valence-electron chi connectivity index (χ2n) is 6.35. The van der Waals surface area contributed by atoms with E-state index in [0.29, 0.717) is 0 Å².